The van der Waals surface area contributed by atoms with E-state index in [1.54, 1.807) is 16.7 Å². The van der Waals surface area contributed by atoms with Crippen LogP contribution in [0.3, 0.4) is 0 Å². The number of benzene rings is 1. The zero-order valence-electron chi connectivity index (χ0n) is 18.1. The van der Waals surface area contributed by atoms with Crippen molar-refractivity contribution in [3.8, 4) is 17.4 Å². The van der Waals surface area contributed by atoms with Crippen molar-refractivity contribution in [1.82, 2.24) is 14.5 Å². The van der Waals surface area contributed by atoms with E-state index < -0.39 is 11.9 Å². The maximum absolute atomic E-state index is 12.8. The Balaban J connectivity index is 1.07. The van der Waals surface area contributed by atoms with Crippen LogP contribution in [0.25, 0.3) is 0 Å². The van der Waals surface area contributed by atoms with Crippen molar-refractivity contribution < 1.29 is 22.6 Å². The van der Waals surface area contributed by atoms with Crippen molar-refractivity contribution in [1.29, 1.82) is 0 Å². The highest BCUT2D eigenvalue weighted by Gasteiger charge is 2.60. The molecule has 1 saturated carbocycles. The highest BCUT2D eigenvalue weighted by Crippen LogP contribution is 2.56. The third kappa shape index (κ3) is 3.57. The molecule has 34 heavy (non-hydrogen) atoms. The molecule has 2 bridgehead atoms. The highest BCUT2D eigenvalue weighted by molar-refractivity contribution is 5.54. The average molecular weight is 470 g/mol. The number of halogens is 3. The van der Waals surface area contributed by atoms with Gasteiger partial charge in [-0.2, -0.15) is 18.2 Å². The number of anilines is 1. The number of ether oxygens (including phenoxy) is 2. The minimum Gasteiger partial charge on any atom is -0.477 e. The van der Waals surface area contributed by atoms with Crippen LogP contribution in [0.5, 0.6) is 17.4 Å². The first-order valence-electron chi connectivity index (χ1n) is 11.1. The molecule has 176 valence electrons. The van der Waals surface area contributed by atoms with E-state index in [1.807, 2.05) is 18.2 Å². The lowest BCUT2D eigenvalue weighted by Gasteiger charge is -2.37. The first kappa shape index (κ1) is 21.0. The summed E-state index contributed by atoms with van der Waals surface area (Å²) in [6, 6.07) is 11.1. The van der Waals surface area contributed by atoms with Gasteiger partial charge in [0.1, 0.15) is 23.0 Å². The largest absolute Gasteiger partial charge is 0.477 e. The minimum atomic E-state index is -4.53. The molecule has 1 aromatic carbocycles. The Kier molecular flexibility index (Phi) is 4.62. The van der Waals surface area contributed by atoms with Crippen molar-refractivity contribution in [3.63, 3.8) is 0 Å². The Hall–Kier alpha value is -3.56. The molecule has 3 fully saturated rings. The maximum atomic E-state index is 12.8. The molecule has 3 aromatic rings. The molecular formula is C24H21F3N4O3. The molecule has 1 aliphatic carbocycles. The van der Waals surface area contributed by atoms with Crippen molar-refractivity contribution >= 4 is 5.82 Å². The molecule has 0 atom stereocenters. The van der Waals surface area contributed by atoms with Gasteiger partial charge in [-0.1, -0.05) is 12.1 Å². The van der Waals surface area contributed by atoms with E-state index in [0.29, 0.717) is 24.7 Å². The lowest BCUT2D eigenvalue weighted by molar-refractivity contribution is -0.141. The van der Waals surface area contributed by atoms with Gasteiger partial charge >= 0.3 is 11.9 Å². The van der Waals surface area contributed by atoms with Crippen LogP contribution in [0.2, 0.25) is 0 Å². The van der Waals surface area contributed by atoms with Crippen molar-refractivity contribution in [2.24, 2.45) is 5.92 Å². The predicted molar refractivity (Wildman–Crippen MR) is 116 cm³/mol. The van der Waals surface area contributed by atoms with E-state index in [1.165, 1.54) is 6.07 Å². The quantitative estimate of drug-likeness (QED) is 0.542. The number of aromatic nitrogens is 3. The zero-order valence-corrected chi connectivity index (χ0v) is 18.1. The van der Waals surface area contributed by atoms with E-state index in [9.17, 15) is 18.0 Å². The molecule has 10 heteroatoms. The molecular weight excluding hydrogens is 449 g/mol. The van der Waals surface area contributed by atoms with Crippen molar-refractivity contribution in [3.05, 3.63) is 70.4 Å². The molecule has 2 aromatic heterocycles. The Morgan fingerprint density at radius 3 is 2.65 bits per heavy atom. The van der Waals surface area contributed by atoms with E-state index in [2.05, 4.69) is 14.9 Å². The van der Waals surface area contributed by atoms with Crippen LogP contribution in [0.4, 0.5) is 19.0 Å². The molecule has 1 spiro atoms. The number of fused-ring (bicyclic) bond motifs is 1. The summed E-state index contributed by atoms with van der Waals surface area (Å²) in [5, 5.41) is 0. The molecule has 0 unspecified atom stereocenters. The van der Waals surface area contributed by atoms with Crippen LogP contribution in [0.1, 0.15) is 24.1 Å². The minimum absolute atomic E-state index is 0.0599. The van der Waals surface area contributed by atoms with E-state index in [0.717, 1.165) is 55.5 Å². The second-order valence-electron chi connectivity index (χ2n) is 9.15. The predicted octanol–water partition coefficient (Wildman–Crippen LogP) is 4.05. The van der Waals surface area contributed by atoms with Crippen LogP contribution in [-0.4, -0.2) is 33.2 Å². The van der Waals surface area contributed by atoms with Crippen LogP contribution in [0.15, 0.2) is 53.5 Å². The lowest BCUT2D eigenvalue weighted by Crippen LogP contribution is -2.44. The van der Waals surface area contributed by atoms with Crippen molar-refractivity contribution in [2.45, 2.75) is 37.5 Å². The molecule has 3 aliphatic heterocycles. The molecule has 0 amide bonds. The first-order valence-corrected chi connectivity index (χ1v) is 11.1. The number of rotatable bonds is 6. The topological polar surface area (TPSA) is 69.5 Å². The van der Waals surface area contributed by atoms with Crippen LogP contribution >= 0.6 is 0 Å². The summed E-state index contributed by atoms with van der Waals surface area (Å²) in [5.41, 5.74) is -0.206. The van der Waals surface area contributed by atoms with Crippen molar-refractivity contribution in [2.75, 3.05) is 18.1 Å². The first-order chi connectivity index (χ1) is 16.3. The van der Waals surface area contributed by atoms with E-state index in [-0.39, 0.29) is 17.0 Å². The average Bonchev–Trinajstić information content (AvgIpc) is 3.41. The summed E-state index contributed by atoms with van der Waals surface area (Å²) in [5.74, 6) is 2.44. The summed E-state index contributed by atoms with van der Waals surface area (Å²) >= 11 is 0. The van der Waals surface area contributed by atoms with E-state index >= 15 is 0 Å². The SMILES string of the molecule is O=c1nc(OCCc2ccc(Oc3ccnc(C(F)(F)F)c3)cc2)cc2n1CC13CC(CN21)C3. The van der Waals surface area contributed by atoms with Gasteiger partial charge in [0.15, 0.2) is 0 Å². The van der Waals surface area contributed by atoms with Gasteiger partial charge in [-0.25, -0.2) is 4.79 Å². The van der Waals surface area contributed by atoms with Gasteiger partial charge in [-0.3, -0.25) is 9.55 Å². The third-order valence-corrected chi connectivity index (χ3v) is 6.87. The lowest BCUT2D eigenvalue weighted by atomic mass is 9.74. The van der Waals surface area contributed by atoms with Gasteiger partial charge in [-0.05, 0) is 42.5 Å². The molecule has 0 N–H and O–H groups in total. The van der Waals surface area contributed by atoms with Gasteiger partial charge in [0.05, 0.1) is 18.7 Å². The summed E-state index contributed by atoms with van der Waals surface area (Å²) < 4.78 is 51.5. The van der Waals surface area contributed by atoms with Gasteiger partial charge in [-0.15, -0.1) is 0 Å². The Morgan fingerprint density at radius 2 is 1.88 bits per heavy atom. The fourth-order valence-corrected chi connectivity index (χ4v) is 5.34. The molecule has 0 radical (unpaired) electrons. The van der Waals surface area contributed by atoms with Crippen LogP contribution in [-0.2, 0) is 19.1 Å². The second kappa shape index (κ2) is 7.48. The number of hydrogen-bond donors (Lipinski definition) is 0. The molecule has 4 aliphatic rings. The zero-order chi connectivity index (χ0) is 23.5. The smallest absolute Gasteiger partial charge is 0.433 e. The molecule has 5 heterocycles. The Bertz CT molecular complexity index is 1300. The molecule has 7 nitrogen and oxygen atoms in total. The standard InChI is InChI=1S/C24H21F3N4O3/c25-24(26,27)19-9-18(5-7-28-19)34-17-3-1-15(2-4-17)6-8-33-20-10-21-30(22(32)29-20)14-23-11-16(12-23)13-31(21)23/h1-5,7,9-10,16H,6,8,11-14H2. The van der Waals surface area contributed by atoms with Crippen LogP contribution in [0, 0.1) is 5.92 Å². The summed E-state index contributed by atoms with van der Waals surface area (Å²) in [4.78, 5) is 22.2. The molecule has 2 saturated heterocycles. The summed E-state index contributed by atoms with van der Waals surface area (Å²) in [6.07, 6.45) is -0.596. The monoisotopic (exact) mass is 470 g/mol. The second-order valence-corrected chi connectivity index (χ2v) is 9.15. The fourth-order valence-electron chi connectivity index (χ4n) is 5.34. The van der Waals surface area contributed by atoms with Gasteiger partial charge < -0.3 is 14.4 Å². The number of pyridine rings is 1. The van der Waals surface area contributed by atoms with Crippen LogP contribution < -0.4 is 20.1 Å². The Morgan fingerprint density at radius 1 is 1.09 bits per heavy atom. The normalized spacial score (nSPS) is 22.2. The summed E-state index contributed by atoms with van der Waals surface area (Å²) in [7, 11) is 0. The highest BCUT2D eigenvalue weighted by atomic mass is 19.4. The van der Waals surface area contributed by atoms with E-state index in [4.69, 9.17) is 9.47 Å². The third-order valence-electron chi connectivity index (χ3n) is 6.87. The maximum Gasteiger partial charge on any atom is 0.433 e. The molecule has 7 rings (SSSR count). The van der Waals surface area contributed by atoms with Gasteiger partial charge in [0.25, 0.3) is 0 Å². The number of hydrogen-bond acceptors (Lipinski definition) is 6. The summed E-state index contributed by atoms with van der Waals surface area (Å²) in [6.45, 7) is 2.05. The fraction of sp³-hybridized carbons (Fsp3) is 0.375. The number of alkyl halides is 3. The Labute approximate surface area is 192 Å². The van der Waals surface area contributed by atoms with Gasteiger partial charge in [0.2, 0.25) is 5.88 Å². The van der Waals surface area contributed by atoms with Gasteiger partial charge in [0, 0.05) is 31.3 Å². The number of nitrogens with zero attached hydrogens (tertiary/aromatic N) is 4.